The van der Waals surface area contributed by atoms with Gasteiger partial charge in [-0.1, -0.05) is 17.7 Å². The van der Waals surface area contributed by atoms with E-state index in [0.29, 0.717) is 0 Å². The van der Waals surface area contributed by atoms with Crippen LogP contribution in [0.4, 0.5) is 23.2 Å². The van der Waals surface area contributed by atoms with Gasteiger partial charge in [0.2, 0.25) is 5.91 Å². The molecule has 2 aromatic rings. The zero-order valence-electron chi connectivity index (χ0n) is 14.2. The molecule has 0 radical (unpaired) electrons. The summed E-state index contributed by atoms with van der Waals surface area (Å²) in [5, 5.41) is 11.6. The fourth-order valence-electron chi connectivity index (χ4n) is 2.16. The van der Waals surface area contributed by atoms with E-state index in [-0.39, 0.29) is 21.8 Å². The lowest BCUT2D eigenvalue weighted by molar-refractivity contribution is -0.111. The van der Waals surface area contributed by atoms with Gasteiger partial charge in [-0.05, 0) is 42.0 Å². The first-order chi connectivity index (χ1) is 13.7. The highest BCUT2D eigenvalue weighted by atomic mass is 35.5. The van der Waals surface area contributed by atoms with Crippen molar-refractivity contribution in [2.45, 2.75) is 13.2 Å². The van der Waals surface area contributed by atoms with Gasteiger partial charge in [-0.15, -0.1) is 0 Å². The van der Waals surface area contributed by atoms with Crippen molar-refractivity contribution < 1.29 is 41.7 Å². The third-order valence-corrected chi connectivity index (χ3v) is 3.53. The van der Waals surface area contributed by atoms with Crippen molar-refractivity contribution in [1.82, 2.24) is 0 Å². The molecule has 2 aromatic carbocycles. The second-order valence-electron chi connectivity index (χ2n) is 5.28. The Bertz CT molecular complexity index is 936. The van der Waals surface area contributed by atoms with Gasteiger partial charge in [0.1, 0.15) is 0 Å². The Morgan fingerprint density at radius 1 is 1.00 bits per heavy atom. The smallest absolute Gasteiger partial charge is 0.387 e. The molecule has 2 rings (SSSR count). The summed E-state index contributed by atoms with van der Waals surface area (Å²) in [6, 6.07) is 6.95. The summed E-state index contributed by atoms with van der Waals surface area (Å²) < 4.78 is 57.8. The predicted molar refractivity (Wildman–Crippen MR) is 95.8 cm³/mol. The molecule has 6 nitrogen and oxygen atoms in total. The molecule has 11 heteroatoms. The third kappa shape index (κ3) is 6.68. The maximum atomic E-state index is 12.5. The number of benzene rings is 2. The number of rotatable bonds is 8. The number of hydrogen-bond donors (Lipinski definition) is 2. The minimum absolute atomic E-state index is 0.0537. The molecule has 0 aliphatic carbocycles. The normalized spacial score (nSPS) is 11.1. The van der Waals surface area contributed by atoms with Crippen LogP contribution in [0.2, 0.25) is 5.02 Å². The number of amides is 1. The van der Waals surface area contributed by atoms with Gasteiger partial charge < -0.3 is 19.9 Å². The number of alkyl halides is 4. The van der Waals surface area contributed by atoms with Crippen LogP contribution in [0.15, 0.2) is 42.5 Å². The number of ether oxygens (including phenoxy) is 2. The second kappa shape index (κ2) is 9.78. The minimum atomic E-state index is -3.28. The van der Waals surface area contributed by atoms with Crippen molar-refractivity contribution in [3.8, 4) is 11.5 Å². The fourth-order valence-corrected chi connectivity index (χ4v) is 2.33. The van der Waals surface area contributed by atoms with E-state index in [0.717, 1.165) is 18.2 Å². The Labute approximate surface area is 166 Å². The fraction of sp³-hybridized carbons (Fsp3) is 0.111. The number of carbonyl (C=O) groups excluding carboxylic acids is 1. The SMILES string of the molecule is O=C(/C=C/c1ccc(OC(F)F)c(OC(F)F)c1)Nc1cc(Cl)ccc1C(=O)O. The van der Waals surface area contributed by atoms with Crippen LogP contribution in [0.3, 0.4) is 0 Å². The monoisotopic (exact) mass is 433 g/mol. The van der Waals surface area contributed by atoms with Gasteiger partial charge in [0.25, 0.3) is 0 Å². The zero-order chi connectivity index (χ0) is 21.6. The van der Waals surface area contributed by atoms with Gasteiger partial charge in [-0.25, -0.2) is 4.79 Å². The molecule has 0 saturated heterocycles. The van der Waals surface area contributed by atoms with Crippen molar-refractivity contribution in [2.24, 2.45) is 0 Å². The van der Waals surface area contributed by atoms with Gasteiger partial charge in [0, 0.05) is 11.1 Å². The topological polar surface area (TPSA) is 84.9 Å². The van der Waals surface area contributed by atoms with E-state index in [1.54, 1.807) is 0 Å². The zero-order valence-corrected chi connectivity index (χ0v) is 15.0. The molecule has 29 heavy (non-hydrogen) atoms. The van der Waals surface area contributed by atoms with Gasteiger partial charge in [-0.3, -0.25) is 4.79 Å². The van der Waals surface area contributed by atoms with Crippen molar-refractivity contribution in [2.75, 3.05) is 5.32 Å². The molecule has 0 unspecified atom stereocenters. The lowest BCUT2D eigenvalue weighted by Gasteiger charge is -2.12. The van der Waals surface area contributed by atoms with E-state index in [1.165, 1.54) is 30.3 Å². The van der Waals surface area contributed by atoms with Crippen LogP contribution in [-0.2, 0) is 4.79 Å². The number of aromatic carboxylic acids is 1. The van der Waals surface area contributed by atoms with Crippen LogP contribution in [-0.4, -0.2) is 30.2 Å². The second-order valence-corrected chi connectivity index (χ2v) is 5.72. The number of nitrogens with one attached hydrogen (secondary N) is 1. The van der Waals surface area contributed by atoms with E-state index in [2.05, 4.69) is 14.8 Å². The molecular weight excluding hydrogens is 422 g/mol. The summed E-state index contributed by atoms with van der Waals surface area (Å²) in [6.07, 6.45) is 2.15. The average Bonchev–Trinajstić information content (AvgIpc) is 2.61. The first-order valence-electron chi connectivity index (χ1n) is 7.71. The van der Waals surface area contributed by atoms with Crippen molar-refractivity contribution >= 4 is 35.2 Å². The van der Waals surface area contributed by atoms with E-state index in [1.807, 2.05) is 0 Å². The molecule has 0 bridgehead atoms. The first kappa shape index (κ1) is 22.0. The Morgan fingerprint density at radius 2 is 1.66 bits per heavy atom. The summed E-state index contributed by atoms with van der Waals surface area (Å²) in [6.45, 7) is -6.53. The maximum absolute atomic E-state index is 12.5. The van der Waals surface area contributed by atoms with Gasteiger partial charge in [-0.2, -0.15) is 17.6 Å². The number of anilines is 1. The van der Waals surface area contributed by atoms with E-state index in [9.17, 15) is 27.2 Å². The highest BCUT2D eigenvalue weighted by Gasteiger charge is 2.15. The van der Waals surface area contributed by atoms with Crippen LogP contribution < -0.4 is 14.8 Å². The van der Waals surface area contributed by atoms with Crippen LogP contribution in [0.5, 0.6) is 11.5 Å². The Morgan fingerprint density at radius 3 is 2.28 bits per heavy atom. The standard InChI is InChI=1S/C18H12ClF4NO5/c19-10-3-4-11(16(26)27)12(8-10)24-15(25)6-2-9-1-5-13(28-17(20)21)14(7-9)29-18(22)23/h1-8,17-18H,(H,24,25)(H,26,27)/b6-2+. The number of halogens is 5. The Balaban J connectivity index is 2.19. The van der Waals surface area contributed by atoms with Crippen molar-refractivity contribution in [3.63, 3.8) is 0 Å². The highest BCUT2D eigenvalue weighted by molar-refractivity contribution is 6.31. The molecule has 0 aliphatic heterocycles. The lowest BCUT2D eigenvalue weighted by atomic mass is 10.1. The molecule has 0 aromatic heterocycles. The molecule has 0 fully saturated rings. The number of carboxylic acid groups (broad SMARTS) is 1. The molecule has 0 atom stereocenters. The van der Waals surface area contributed by atoms with Crippen LogP contribution in [0.25, 0.3) is 6.08 Å². The van der Waals surface area contributed by atoms with Gasteiger partial charge in [0.05, 0.1) is 11.3 Å². The average molecular weight is 434 g/mol. The Kier molecular flexibility index (Phi) is 7.43. The highest BCUT2D eigenvalue weighted by Crippen LogP contribution is 2.31. The minimum Gasteiger partial charge on any atom is -0.478 e. The van der Waals surface area contributed by atoms with Crippen LogP contribution >= 0.6 is 11.6 Å². The molecule has 154 valence electrons. The molecule has 0 aliphatic rings. The van der Waals surface area contributed by atoms with Crippen LogP contribution in [0.1, 0.15) is 15.9 Å². The van der Waals surface area contributed by atoms with Crippen molar-refractivity contribution in [3.05, 3.63) is 58.6 Å². The molecular formula is C18H12ClF4NO5. The summed E-state index contributed by atoms with van der Waals surface area (Å²) in [5.74, 6) is -3.29. The summed E-state index contributed by atoms with van der Waals surface area (Å²) in [5.41, 5.74) is -0.0960. The third-order valence-electron chi connectivity index (χ3n) is 3.30. The maximum Gasteiger partial charge on any atom is 0.387 e. The lowest BCUT2D eigenvalue weighted by Crippen LogP contribution is -2.12. The molecule has 0 heterocycles. The summed E-state index contributed by atoms with van der Waals surface area (Å²) >= 11 is 5.78. The van der Waals surface area contributed by atoms with Crippen LogP contribution in [0, 0.1) is 0 Å². The summed E-state index contributed by atoms with van der Waals surface area (Å²) in [4.78, 5) is 23.2. The number of carbonyl (C=O) groups is 2. The number of carboxylic acids is 1. The first-order valence-corrected chi connectivity index (χ1v) is 8.09. The molecule has 0 saturated carbocycles. The molecule has 0 spiro atoms. The molecule has 1 amide bonds. The largest absolute Gasteiger partial charge is 0.478 e. The van der Waals surface area contributed by atoms with Gasteiger partial charge >= 0.3 is 19.2 Å². The van der Waals surface area contributed by atoms with Gasteiger partial charge in [0.15, 0.2) is 11.5 Å². The van der Waals surface area contributed by atoms with E-state index < -0.39 is 36.6 Å². The predicted octanol–water partition coefficient (Wildman–Crippen LogP) is 4.89. The quantitative estimate of drug-likeness (QED) is 0.457. The molecule has 2 N–H and O–H groups in total. The number of hydrogen-bond acceptors (Lipinski definition) is 4. The Hall–Kier alpha value is -3.27. The van der Waals surface area contributed by atoms with E-state index in [4.69, 9.17) is 16.7 Å². The summed E-state index contributed by atoms with van der Waals surface area (Å²) in [7, 11) is 0. The van der Waals surface area contributed by atoms with E-state index >= 15 is 0 Å². The van der Waals surface area contributed by atoms with Crippen molar-refractivity contribution in [1.29, 1.82) is 0 Å².